The van der Waals surface area contributed by atoms with Crippen LogP contribution in [0.25, 0.3) is 10.8 Å². The number of halogens is 8. The number of nitrogens with zero attached hydrogens (tertiary/aromatic N) is 2. The number of hydrogen-bond acceptors (Lipinski definition) is 7. The van der Waals surface area contributed by atoms with E-state index in [-0.39, 0.29) is 36.7 Å². The molecule has 0 unspecified atom stereocenters. The van der Waals surface area contributed by atoms with Crippen LogP contribution in [-0.2, 0) is 26.2 Å². The van der Waals surface area contributed by atoms with Gasteiger partial charge in [0.25, 0.3) is 10.0 Å². The number of carbonyl (C=O) groups is 2. The zero-order chi connectivity index (χ0) is 35.6. The molecule has 0 aliphatic carbocycles. The SMILES string of the molecule is O=C(O)CN(Cc1ccc(Br)cc1OC(F)(F)F)c1ccc(N(CC(=O)O)S(=O)(=O)c2ccc(Br)cc2OC(F)(F)F)c2ccccc12. The predicted molar refractivity (Wildman–Crippen MR) is 166 cm³/mol. The lowest BCUT2D eigenvalue weighted by atomic mass is 10.0. The molecule has 0 aromatic heterocycles. The van der Waals surface area contributed by atoms with Gasteiger partial charge in [0.05, 0.1) is 5.69 Å². The van der Waals surface area contributed by atoms with Gasteiger partial charge in [0.15, 0.2) is 5.75 Å². The van der Waals surface area contributed by atoms with Crippen molar-refractivity contribution in [3.05, 3.63) is 87.3 Å². The fourth-order valence-corrected chi connectivity index (χ4v) is 6.89. The van der Waals surface area contributed by atoms with Gasteiger partial charge in [-0.1, -0.05) is 62.2 Å². The van der Waals surface area contributed by atoms with Crippen LogP contribution >= 0.6 is 31.9 Å². The molecule has 0 aliphatic heterocycles. The highest BCUT2D eigenvalue weighted by molar-refractivity contribution is 9.10. The van der Waals surface area contributed by atoms with Crippen LogP contribution in [0.3, 0.4) is 0 Å². The average molecular weight is 830 g/mol. The maximum absolute atomic E-state index is 13.9. The Labute approximate surface area is 284 Å². The number of rotatable bonds is 12. The van der Waals surface area contributed by atoms with Crippen LogP contribution < -0.4 is 18.7 Å². The molecule has 0 aliphatic rings. The molecule has 4 aromatic carbocycles. The van der Waals surface area contributed by atoms with Crippen LogP contribution in [0.1, 0.15) is 5.56 Å². The minimum Gasteiger partial charge on any atom is -0.480 e. The van der Waals surface area contributed by atoms with Gasteiger partial charge in [-0.05, 0) is 42.5 Å². The van der Waals surface area contributed by atoms with E-state index in [9.17, 15) is 54.6 Å². The molecule has 0 spiro atoms. The first-order valence-electron chi connectivity index (χ1n) is 13.1. The standard InChI is InChI=1S/C29H20Br2F6N2O8S/c30-17-6-5-16(23(11-17)46-28(32,33)34)13-38(14-26(40)41)21-8-9-22(20-4-2-1-3-19(20)21)39(15-27(42)43)48(44,45)25-10-7-18(31)12-24(25)47-29(35,36)37/h1-12H,13-15H2,(H,40,41)(H,42,43). The fourth-order valence-electron chi connectivity index (χ4n) is 4.67. The van der Waals surface area contributed by atoms with Crippen LogP contribution in [0, 0.1) is 0 Å². The lowest BCUT2D eigenvalue weighted by Gasteiger charge is -2.29. The third-order valence-electron chi connectivity index (χ3n) is 6.41. The van der Waals surface area contributed by atoms with E-state index in [4.69, 9.17) is 0 Å². The van der Waals surface area contributed by atoms with Crippen molar-refractivity contribution in [1.29, 1.82) is 0 Å². The summed E-state index contributed by atoms with van der Waals surface area (Å²) in [4.78, 5) is 24.0. The Hall–Kier alpha value is -4.23. The van der Waals surface area contributed by atoms with E-state index >= 15 is 0 Å². The summed E-state index contributed by atoms with van der Waals surface area (Å²) in [6.07, 6.45) is -10.4. The number of fused-ring (bicyclic) bond motifs is 1. The summed E-state index contributed by atoms with van der Waals surface area (Å²) in [7, 11) is -5.12. The molecular weight excluding hydrogens is 810 g/mol. The van der Waals surface area contributed by atoms with Gasteiger partial charge in [0.1, 0.15) is 23.7 Å². The second-order valence-electron chi connectivity index (χ2n) is 9.74. The van der Waals surface area contributed by atoms with Crippen LogP contribution in [0.5, 0.6) is 11.5 Å². The van der Waals surface area contributed by atoms with E-state index in [1.54, 1.807) is 0 Å². The third-order valence-corrected chi connectivity index (χ3v) is 9.19. The first kappa shape index (κ1) is 36.6. The van der Waals surface area contributed by atoms with Gasteiger partial charge in [0, 0.05) is 37.5 Å². The molecule has 4 rings (SSSR count). The number of benzene rings is 4. The summed E-state index contributed by atoms with van der Waals surface area (Å²) < 4.78 is 116. The van der Waals surface area contributed by atoms with Crippen molar-refractivity contribution in [3.63, 3.8) is 0 Å². The Bertz CT molecular complexity index is 1980. The number of anilines is 2. The minimum absolute atomic E-state index is 0.00758. The van der Waals surface area contributed by atoms with Gasteiger partial charge in [0.2, 0.25) is 0 Å². The molecule has 0 bridgehead atoms. The Morgan fingerprint density at radius 3 is 1.77 bits per heavy atom. The first-order valence-corrected chi connectivity index (χ1v) is 16.1. The molecule has 0 saturated carbocycles. The van der Waals surface area contributed by atoms with Crippen LogP contribution in [0.15, 0.2) is 86.6 Å². The van der Waals surface area contributed by atoms with E-state index in [1.165, 1.54) is 47.4 Å². The highest BCUT2D eigenvalue weighted by atomic mass is 79.9. The molecule has 0 radical (unpaired) electrons. The molecule has 0 amide bonds. The number of sulfonamides is 1. The lowest BCUT2D eigenvalue weighted by Crippen LogP contribution is -2.36. The molecule has 10 nitrogen and oxygen atoms in total. The van der Waals surface area contributed by atoms with Crippen molar-refractivity contribution in [1.82, 2.24) is 0 Å². The largest absolute Gasteiger partial charge is 0.573 e. The lowest BCUT2D eigenvalue weighted by molar-refractivity contribution is -0.276. The van der Waals surface area contributed by atoms with Crippen molar-refractivity contribution >= 4 is 76.0 Å². The highest BCUT2D eigenvalue weighted by Crippen LogP contribution is 2.40. The van der Waals surface area contributed by atoms with Gasteiger partial charge in [-0.2, -0.15) is 0 Å². The zero-order valence-electron chi connectivity index (χ0n) is 23.7. The van der Waals surface area contributed by atoms with Crippen molar-refractivity contribution < 1.29 is 64.0 Å². The van der Waals surface area contributed by atoms with Gasteiger partial charge in [-0.15, -0.1) is 26.3 Å². The van der Waals surface area contributed by atoms with Gasteiger partial charge in [-0.3, -0.25) is 13.9 Å². The Balaban J connectivity index is 1.90. The minimum atomic E-state index is -5.32. The first-order chi connectivity index (χ1) is 22.2. The number of aliphatic carboxylic acids is 2. The van der Waals surface area contributed by atoms with E-state index in [0.29, 0.717) is 4.31 Å². The molecule has 4 aromatic rings. The second kappa shape index (κ2) is 14.1. The number of ether oxygens (including phenoxy) is 2. The summed E-state index contributed by atoms with van der Waals surface area (Å²) >= 11 is 6.01. The third kappa shape index (κ3) is 9.01. The maximum atomic E-state index is 13.9. The smallest absolute Gasteiger partial charge is 0.480 e. The normalized spacial score (nSPS) is 12.1. The van der Waals surface area contributed by atoms with Crippen LogP contribution in [0.2, 0.25) is 0 Å². The van der Waals surface area contributed by atoms with E-state index in [1.807, 2.05) is 0 Å². The molecule has 0 fully saturated rings. The molecule has 256 valence electrons. The Kier molecular flexibility index (Phi) is 10.7. The van der Waals surface area contributed by atoms with Crippen molar-refractivity contribution in [2.75, 3.05) is 22.3 Å². The average Bonchev–Trinajstić information content (AvgIpc) is 2.94. The second-order valence-corrected chi connectivity index (χ2v) is 13.4. The van der Waals surface area contributed by atoms with Gasteiger partial charge >= 0.3 is 24.7 Å². The predicted octanol–water partition coefficient (Wildman–Crippen LogP) is 7.53. The maximum Gasteiger partial charge on any atom is 0.573 e. The van der Waals surface area contributed by atoms with E-state index in [0.717, 1.165) is 30.3 Å². The molecule has 0 atom stereocenters. The molecule has 0 saturated heterocycles. The summed E-state index contributed by atoms with van der Waals surface area (Å²) in [6, 6.07) is 14.4. The number of hydrogen-bond donors (Lipinski definition) is 2. The number of alkyl halides is 6. The molecule has 19 heteroatoms. The molecule has 2 N–H and O–H groups in total. The van der Waals surface area contributed by atoms with Crippen molar-refractivity contribution in [2.24, 2.45) is 0 Å². The Morgan fingerprint density at radius 2 is 1.21 bits per heavy atom. The van der Waals surface area contributed by atoms with Gasteiger partial charge < -0.3 is 24.6 Å². The number of carboxylic acid groups (broad SMARTS) is 2. The van der Waals surface area contributed by atoms with Crippen molar-refractivity contribution in [3.8, 4) is 11.5 Å². The van der Waals surface area contributed by atoms with Gasteiger partial charge in [-0.25, -0.2) is 8.42 Å². The molecule has 48 heavy (non-hydrogen) atoms. The fraction of sp³-hybridized carbons (Fsp3) is 0.172. The van der Waals surface area contributed by atoms with E-state index < -0.39 is 70.7 Å². The van der Waals surface area contributed by atoms with Crippen molar-refractivity contribution in [2.45, 2.75) is 24.2 Å². The zero-order valence-corrected chi connectivity index (χ0v) is 27.7. The van der Waals surface area contributed by atoms with Crippen LogP contribution in [-0.4, -0.2) is 56.4 Å². The summed E-state index contributed by atoms with van der Waals surface area (Å²) in [6.45, 7) is -2.48. The summed E-state index contributed by atoms with van der Waals surface area (Å²) in [5, 5.41) is 19.5. The number of carboxylic acids is 2. The van der Waals surface area contributed by atoms with E-state index in [2.05, 4.69) is 41.3 Å². The quantitative estimate of drug-likeness (QED) is 0.139. The highest BCUT2D eigenvalue weighted by Gasteiger charge is 2.37. The summed E-state index contributed by atoms with van der Waals surface area (Å²) in [5.74, 6) is -4.84. The topological polar surface area (TPSA) is 134 Å². The monoisotopic (exact) mass is 828 g/mol. The summed E-state index contributed by atoms with van der Waals surface area (Å²) in [5.41, 5.74) is -0.319. The van der Waals surface area contributed by atoms with Crippen LogP contribution in [0.4, 0.5) is 37.7 Å². The Morgan fingerprint density at radius 1 is 0.708 bits per heavy atom. The molecule has 0 heterocycles. The molecular formula is C29H20Br2F6N2O8S.